The van der Waals surface area contributed by atoms with Crippen LogP contribution >= 0.6 is 0 Å². The molecule has 0 unspecified atom stereocenters. The van der Waals surface area contributed by atoms with Crippen LogP contribution in [0.1, 0.15) is 80.1 Å². The summed E-state index contributed by atoms with van der Waals surface area (Å²) in [6, 6.07) is 0.774. The summed E-state index contributed by atoms with van der Waals surface area (Å²) in [6.07, 6.45) is 7.77. The molecule has 0 aliphatic heterocycles. The Hall–Kier alpha value is -0.0800. The molecule has 0 aromatic rings. The molecule has 0 saturated heterocycles. The summed E-state index contributed by atoms with van der Waals surface area (Å²) in [4.78, 5) is 0. The van der Waals surface area contributed by atoms with Crippen molar-refractivity contribution >= 4 is 0 Å². The molecule has 2 saturated carbocycles. The highest BCUT2D eigenvalue weighted by atomic mass is 16.5. The lowest BCUT2D eigenvalue weighted by Crippen LogP contribution is -2.51. The van der Waals surface area contributed by atoms with Crippen LogP contribution in [0.4, 0.5) is 0 Å². The van der Waals surface area contributed by atoms with Crippen LogP contribution in [0.25, 0.3) is 0 Å². The molecule has 0 amide bonds. The van der Waals surface area contributed by atoms with Crippen LogP contribution in [0.3, 0.4) is 0 Å². The van der Waals surface area contributed by atoms with E-state index in [0.717, 1.165) is 18.5 Å². The Balaban J connectivity index is 1.97. The standard InChI is InChI=1S/C18H35NO/c1-16(2,3)14-9-11-18(12-10-14,20-17(4,5)6)13-19-15-7-8-15/h14-15,19H,7-13H2,1-6H3. The molecule has 0 radical (unpaired) electrons. The van der Waals surface area contributed by atoms with Gasteiger partial charge in [0.25, 0.3) is 0 Å². The topological polar surface area (TPSA) is 21.3 Å². The van der Waals surface area contributed by atoms with E-state index < -0.39 is 0 Å². The van der Waals surface area contributed by atoms with Gasteiger partial charge in [-0.15, -0.1) is 0 Å². The molecule has 0 aromatic heterocycles. The van der Waals surface area contributed by atoms with Crippen molar-refractivity contribution in [2.75, 3.05) is 6.54 Å². The van der Waals surface area contributed by atoms with Crippen LogP contribution < -0.4 is 5.32 Å². The van der Waals surface area contributed by atoms with Gasteiger partial charge in [0.15, 0.2) is 0 Å². The van der Waals surface area contributed by atoms with E-state index in [1.54, 1.807) is 0 Å². The number of ether oxygens (including phenoxy) is 1. The van der Waals surface area contributed by atoms with E-state index in [-0.39, 0.29) is 11.2 Å². The van der Waals surface area contributed by atoms with Crippen LogP contribution in [0.2, 0.25) is 0 Å². The van der Waals surface area contributed by atoms with Gasteiger partial charge >= 0.3 is 0 Å². The fourth-order valence-corrected chi connectivity index (χ4v) is 3.59. The summed E-state index contributed by atoms with van der Waals surface area (Å²) >= 11 is 0. The van der Waals surface area contributed by atoms with Crippen molar-refractivity contribution in [3.63, 3.8) is 0 Å². The molecule has 0 atom stereocenters. The van der Waals surface area contributed by atoms with Crippen molar-refractivity contribution in [2.45, 2.75) is 97.3 Å². The first-order valence-corrected chi connectivity index (χ1v) is 8.53. The van der Waals surface area contributed by atoms with Gasteiger partial charge in [0.05, 0.1) is 11.2 Å². The van der Waals surface area contributed by atoms with Gasteiger partial charge in [-0.3, -0.25) is 0 Å². The summed E-state index contributed by atoms with van der Waals surface area (Å²) in [7, 11) is 0. The number of nitrogens with one attached hydrogen (secondary N) is 1. The highest BCUT2D eigenvalue weighted by Gasteiger charge is 2.42. The van der Waals surface area contributed by atoms with E-state index in [0.29, 0.717) is 5.41 Å². The Labute approximate surface area is 126 Å². The van der Waals surface area contributed by atoms with Crippen molar-refractivity contribution in [1.82, 2.24) is 5.32 Å². The fraction of sp³-hybridized carbons (Fsp3) is 1.00. The molecule has 0 heterocycles. The molecule has 0 bridgehead atoms. The predicted molar refractivity (Wildman–Crippen MR) is 86.0 cm³/mol. The highest BCUT2D eigenvalue weighted by molar-refractivity contribution is 4.95. The third-order valence-electron chi connectivity index (χ3n) is 4.93. The molecular formula is C18H35NO. The average Bonchev–Trinajstić information content (AvgIpc) is 3.07. The Morgan fingerprint density at radius 1 is 0.950 bits per heavy atom. The second-order valence-electron chi connectivity index (χ2n) is 9.19. The maximum Gasteiger partial charge on any atom is 0.0813 e. The zero-order valence-electron chi connectivity index (χ0n) is 14.5. The maximum absolute atomic E-state index is 6.54. The molecular weight excluding hydrogens is 246 g/mol. The summed E-state index contributed by atoms with van der Waals surface area (Å²) < 4.78 is 6.54. The molecule has 0 aromatic carbocycles. The maximum atomic E-state index is 6.54. The molecule has 0 spiro atoms. The van der Waals surface area contributed by atoms with Gasteiger partial charge in [-0.05, 0) is 70.6 Å². The lowest BCUT2D eigenvalue weighted by molar-refractivity contribution is -0.155. The van der Waals surface area contributed by atoms with E-state index in [4.69, 9.17) is 4.74 Å². The Morgan fingerprint density at radius 3 is 1.90 bits per heavy atom. The number of hydrogen-bond acceptors (Lipinski definition) is 2. The monoisotopic (exact) mass is 281 g/mol. The summed E-state index contributed by atoms with van der Waals surface area (Å²) in [5.74, 6) is 0.847. The molecule has 20 heavy (non-hydrogen) atoms. The second-order valence-corrected chi connectivity index (χ2v) is 9.19. The van der Waals surface area contributed by atoms with Crippen molar-refractivity contribution in [1.29, 1.82) is 0 Å². The van der Waals surface area contributed by atoms with E-state index in [1.807, 2.05) is 0 Å². The third kappa shape index (κ3) is 4.73. The first kappa shape index (κ1) is 16.3. The van der Waals surface area contributed by atoms with Gasteiger partial charge in [-0.2, -0.15) is 0 Å². The van der Waals surface area contributed by atoms with Crippen LogP contribution in [-0.2, 0) is 4.74 Å². The molecule has 2 rings (SSSR count). The average molecular weight is 281 g/mol. The van der Waals surface area contributed by atoms with E-state index in [9.17, 15) is 0 Å². The zero-order valence-corrected chi connectivity index (χ0v) is 14.5. The van der Waals surface area contributed by atoms with Gasteiger partial charge in [0, 0.05) is 12.6 Å². The first-order chi connectivity index (χ1) is 9.10. The SMILES string of the molecule is CC(C)(C)OC1(CNC2CC2)CCC(C(C)(C)C)CC1. The molecule has 2 aliphatic carbocycles. The molecule has 2 fully saturated rings. The van der Waals surface area contributed by atoms with E-state index >= 15 is 0 Å². The van der Waals surface area contributed by atoms with Crippen molar-refractivity contribution in [3.05, 3.63) is 0 Å². The smallest absolute Gasteiger partial charge is 0.0813 e. The third-order valence-corrected chi connectivity index (χ3v) is 4.93. The van der Waals surface area contributed by atoms with Crippen molar-refractivity contribution < 1.29 is 4.74 Å². The first-order valence-electron chi connectivity index (χ1n) is 8.53. The van der Waals surface area contributed by atoms with Crippen molar-refractivity contribution in [2.24, 2.45) is 11.3 Å². The largest absolute Gasteiger partial charge is 0.368 e. The lowest BCUT2D eigenvalue weighted by Gasteiger charge is -2.47. The quantitative estimate of drug-likeness (QED) is 0.817. The fourth-order valence-electron chi connectivity index (χ4n) is 3.59. The normalized spacial score (nSPS) is 32.4. The Bertz CT molecular complexity index is 311. The van der Waals surface area contributed by atoms with Gasteiger partial charge in [0.2, 0.25) is 0 Å². The molecule has 2 heteroatoms. The summed E-state index contributed by atoms with van der Waals surface area (Å²) in [6.45, 7) is 14.8. The second kappa shape index (κ2) is 5.61. The zero-order chi connectivity index (χ0) is 15.0. The number of rotatable bonds is 4. The minimum absolute atomic E-state index is 0.0419. The van der Waals surface area contributed by atoms with Gasteiger partial charge < -0.3 is 10.1 Å². The predicted octanol–water partition coefficient (Wildman–Crippen LogP) is 4.53. The summed E-state index contributed by atoms with van der Waals surface area (Å²) in [5, 5.41) is 3.72. The molecule has 2 aliphatic rings. The molecule has 2 nitrogen and oxygen atoms in total. The van der Waals surface area contributed by atoms with Gasteiger partial charge in [-0.25, -0.2) is 0 Å². The number of hydrogen-bond donors (Lipinski definition) is 1. The lowest BCUT2D eigenvalue weighted by atomic mass is 9.68. The molecule has 1 N–H and O–H groups in total. The van der Waals surface area contributed by atoms with E-state index in [2.05, 4.69) is 46.9 Å². The minimum atomic E-state index is -0.0419. The summed E-state index contributed by atoms with van der Waals surface area (Å²) in [5.41, 5.74) is 0.472. The van der Waals surface area contributed by atoms with Gasteiger partial charge in [0.1, 0.15) is 0 Å². The highest BCUT2D eigenvalue weighted by Crippen LogP contribution is 2.44. The van der Waals surface area contributed by atoms with E-state index in [1.165, 1.54) is 38.5 Å². The van der Waals surface area contributed by atoms with Crippen LogP contribution in [-0.4, -0.2) is 23.8 Å². The molecule has 118 valence electrons. The van der Waals surface area contributed by atoms with Crippen LogP contribution in [0, 0.1) is 11.3 Å². The van der Waals surface area contributed by atoms with Crippen molar-refractivity contribution in [3.8, 4) is 0 Å². The Morgan fingerprint density at radius 2 is 1.50 bits per heavy atom. The minimum Gasteiger partial charge on any atom is -0.368 e. The van der Waals surface area contributed by atoms with Gasteiger partial charge in [-0.1, -0.05) is 20.8 Å². The van der Waals surface area contributed by atoms with Crippen LogP contribution in [0.15, 0.2) is 0 Å². The van der Waals surface area contributed by atoms with Crippen LogP contribution in [0.5, 0.6) is 0 Å². The Kier molecular flexibility index (Phi) is 4.57.